The maximum absolute atomic E-state index is 12.9. The van der Waals surface area contributed by atoms with E-state index in [1.807, 2.05) is 0 Å². The van der Waals surface area contributed by atoms with Gasteiger partial charge in [0.25, 0.3) is 11.4 Å². The van der Waals surface area contributed by atoms with E-state index in [-0.39, 0.29) is 22.9 Å². The van der Waals surface area contributed by atoms with Gasteiger partial charge in [-0.1, -0.05) is 6.08 Å². The molecule has 34 heavy (non-hydrogen) atoms. The third-order valence-electron chi connectivity index (χ3n) is 5.44. The minimum absolute atomic E-state index is 0.0990. The van der Waals surface area contributed by atoms with Crippen LogP contribution in [0.2, 0.25) is 0 Å². The first-order valence-corrected chi connectivity index (χ1v) is 10.4. The number of nitro benzene ring substituents is 2. The quantitative estimate of drug-likeness (QED) is 0.140. The SMILES string of the molecule is C[C@@]1(C(=O)Oc2ccc([N+](=O)[O-])cc2)CC/C=C/[C@H](OC(=O)Oc2ccc([N+](=O)[O-])cc2)CC1. The Morgan fingerprint density at radius 2 is 1.41 bits per heavy atom. The summed E-state index contributed by atoms with van der Waals surface area (Å²) < 4.78 is 15.9. The normalized spacial score (nSPS) is 20.8. The lowest BCUT2D eigenvalue weighted by atomic mass is 9.79. The van der Waals surface area contributed by atoms with Crippen LogP contribution in [0.4, 0.5) is 16.2 Å². The summed E-state index contributed by atoms with van der Waals surface area (Å²) in [5.74, 6) is -0.181. The highest BCUT2D eigenvalue weighted by atomic mass is 16.7. The van der Waals surface area contributed by atoms with Crippen LogP contribution in [0.15, 0.2) is 60.7 Å². The lowest BCUT2D eigenvalue weighted by molar-refractivity contribution is -0.385. The fourth-order valence-corrected chi connectivity index (χ4v) is 3.38. The van der Waals surface area contributed by atoms with Crippen LogP contribution < -0.4 is 9.47 Å². The highest BCUT2D eigenvalue weighted by Gasteiger charge is 2.36. The zero-order chi connectivity index (χ0) is 24.7. The first kappa shape index (κ1) is 24.4. The molecule has 0 spiro atoms. The molecule has 0 saturated heterocycles. The molecule has 0 aliphatic heterocycles. The Labute approximate surface area is 194 Å². The first-order valence-electron chi connectivity index (χ1n) is 10.4. The van der Waals surface area contributed by atoms with Crippen LogP contribution in [0.1, 0.15) is 32.6 Å². The second-order valence-electron chi connectivity index (χ2n) is 7.97. The molecule has 0 bridgehead atoms. The summed E-state index contributed by atoms with van der Waals surface area (Å²) in [7, 11) is 0. The average Bonchev–Trinajstić information content (AvgIpc) is 2.79. The van der Waals surface area contributed by atoms with Gasteiger partial charge in [0.05, 0.1) is 15.3 Å². The van der Waals surface area contributed by atoms with E-state index in [2.05, 4.69) is 0 Å². The second-order valence-corrected chi connectivity index (χ2v) is 7.97. The van der Waals surface area contributed by atoms with Crippen molar-refractivity contribution < 1.29 is 33.6 Å². The Kier molecular flexibility index (Phi) is 7.57. The van der Waals surface area contributed by atoms with Crippen LogP contribution in [0.3, 0.4) is 0 Å². The third kappa shape index (κ3) is 6.37. The number of carbonyl (C=O) groups excluding carboxylic acids is 2. The molecule has 11 nitrogen and oxygen atoms in total. The van der Waals surface area contributed by atoms with Crippen molar-refractivity contribution in [2.45, 2.75) is 38.7 Å². The van der Waals surface area contributed by atoms with Crippen LogP contribution in [0, 0.1) is 25.6 Å². The Bertz CT molecular complexity index is 1100. The maximum atomic E-state index is 12.9. The predicted octanol–water partition coefficient (Wildman–Crippen LogP) is 5.13. The first-order chi connectivity index (χ1) is 16.2. The molecule has 3 rings (SSSR count). The van der Waals surface area contributed by atoms with Crippen molar-refractivity contribution in [3.63, 3.8) is 0 Å². The fraction of sp³-hybridized carbons (Fsp3) is 0.304. The van der Waals surface area contributed by atoms with Gasteiger partial charge in [-0.3, -0.25) is 25.0 Å². The summed E-state index contributed by atoms with van der Waals surface area (Å²) in [5, 5.41) is 21.5. The highest BCUT2D eigenvalue weighted by Crippen LogP contribution is 2.35. The van der Waals surface area contributed by atoms with Crippen LogP contribution in [0.25, 0.3) is 0 Å². The molecule has 1 aliphatic carbocycles. The van der Waals surface area contributed by atoms with Crippen LogP contribution >= 0.6 is 0 Å². The zero-order valence-corrected chi connectivity index (χ0v) is 18.2. The topological polar surface area (TPSA) is 148 Å². The summed E-state index contributed by atoms with van der Waals surface area (Å²) in [5.41, 5.74) is -1.11. The van der Waals surface area contributed by atoms with Crippen LogP contribution in [0.5, 0.6) is 11.5 Å². The number of nitrogens with zero attached hydrogens (tertiary/aromatic N) is 2. The largest absolute Gasteiger partial charge is 0.514 e. The molecule has 0 radical (unpaired) electrons. The number of benzene rings is 2. The van der Waals surface area contributed by atoms with Gasteiger partial charge in [0, 0.05) is 24.3 Å². The molecule has 0 fully saturated rings. The molecule has 0 aromatic heterocycles. The minimum Gasteiger partial charge on any atom is -0.426 e. The highest BCUT2D eigenvalue weighted by molar-refractivity contribution is 5.79. The number of non-ortho nitro benzene ring substituents is 2. The predicted molar refractivity (Wildman–Crippen MR) is 118 cm³/mol. The molecular formula is C23H22N2O9. The number of allylic oxidation sites excluding steroid dienone is 1. The Morgan fingerprint density at radius 3 is 1.94 bits per heavy atom. The van der Waals surface area contributed by atoms with Crippen molar-refractivity contribution in [3.05, 3.63) is 80.9 Å². The molecule has 178 valence electrons. The molecule has 1 aliphatic rings. The summed E-state index contributed by atoms with van der Waals surface area (Å²) in [6, 6.07) is 10.2. The van der Waals surface area contributed by atoms with E-state index < -0.39 is 33.5 Å². The fourth-order valence-electron chi connectivity index (χ4n) is 3.38. The third-order valence-corrected chi connectivity index (χ3v) is 5.44. The van der Waals surface area contributed by atoms with Gasteiger partial charge in [-0.15, -0.1) is 0 Å². The lowest BCUT2D eigenvalue weighted by Crippen LogP contribution is -2.34. The smallest absolute Gasteiger partial charge is 0.426 e. The van der Waals surface area contributed by atoms with Crippen LogP contribution in [-0.4, -0.2) is 28.1 Å². The molecule has 2 atom stereocenters. The molecule has 2 aromatic rings. The molecule has 0 N–H and O–H groups in total. The van der Waals surface area contributed by atoms with Gasteiger partial charge in [-0.2, -0.15) is 0 Å². The van der Waals surface area contributed by atoms with E-state index in [9.17, 15) is 29.8 Å². The van der Waals surface area contributed by atoms with Gasteiger partial charge in [0.15, 0.2) is 0 Å². The lowest BCUT2D eigenvalue weighted by Gasteiger charge is -2.29. The molecule has 0 unspecified atom stereocenters. The van der Waals surface area contributed by atoms with E-state index in [0.29, 0.717) is 25.7 Å². The van der Waals surface area contributed by atoms with Gasteiger partial charge >= 0.3 is 12.1 Å². The number of esters is 1. The number of hydrogen-bond donors (Lipinski definition) is 0. The Hall–Kier alpha value is -4.28. The van der Waals surface area contributed by atoms with E-state index >= 15 is 0 Å². The van der Waals surface area contributed by atoms with Crippen molar-refractivity contribution >= 4 is 23.5 Å². The average molecular weight is 470 g/mol. The molecule has 0 amide bonds. The summed E-state index contributed by atoms with van der Waals surface area (Å²) in [6.45, 7) is 1.76. The second kappa shape index (κ2) is 10.6. The van der Waals surface area contributed by atoms with Gasteiger partial charge in [-0.05, 0) is 62.9 Å². The molecule has 2 aromatic carbocycles. The Balaban J connectivity index is 1.57. The molecule has 11 heteroatoms. The number of nitro groups is 2. The van der Waals surface area contributed by atoms with Crippen molar-refractivity contribution in [2.75, 3.05) is 0 Å². The van der Waals surface area contributed by atoms with Gasteiger partial charge in [0.2, 0.25) is 0 Å². The van der Waals surface area contributed by atoms with Crippen molar-refractivity contribution in [1.82, 2.24) is 0 Å². The van der Waals surface area contributed by atoms with E-state index in [1.165, 1.54) is 48.5 Å². The van der Waals surface area contributed by atoms with E-state index in [0.717, 1.165) is 0 Å². The van der Waals surface area contributed by atoms with Gasteiger partial charge < -0.3 is 14.2 Å². The number of carbonyl (C=O) groups is 2. The molecule has 0 saturated carbocycles. The zero-order valence-electron chi connectivity index (χ0n) is 18.2. The Morgan fingerprint density at radius 1 is 0.882 bits per heavy atom. The van der Waals surface area contributed by atoms with Gasteiger partial charge in [0.1, 0.15) is 17.6 Å². The van der Waals surface area contributed by atoms with Crippen molar-refractivity contribution in [2.24, 2.45) is 5.41 Å². The van der Waals surface area contributed by atoms with Gasteiger partial charge in [-0.25, -0.2) is 4.79 Å². The summed E-state index contributed by atoms with van der Waals surface area (Å²) in [6.07, 6.45) is 3.66. The molecule has 0 heterocycles. The summed E-state index contributed by atoms with van der Waals surface area (Å²) in [4.78, 5) is 45.4. The van der Waals surface area contributed by atoms with E-state index in [4.69, 9.17) is 14.2 Å². The van der Waals surface area contributed by atoms with Crippen molar-refractivity contribution in [1.29, 1.82) is 0 Å². The number of hydrogen-bond acceptors (Lipinski definition) is 9. The van der Waals surface area contributed by atoms with Crippen molar-refractivity contribution in [3.8, 4) is 11.5 Å². The van der Waals surface area contributed by atoms with E-state index in [1.54, 1.807) is 19.1 Å². The number of rotatable bonds is 6. The van der Waals surface area contributed by atoms with Crippen LogP contribution in [-0.2, 0) is 9.53 Å². The minimum atomic E-state index is -0.973. The number of ether oxygens (including phenoxy) is 3. The summed E-state index contributed by atoms with van der Waals surface area (Å²) >= 11 is 0. The maximum Gasteiger partial charge on any atom is 0.514 e. The molecular weight excluding hydrogens is 448 g/mol. The standard InChI is InChI=1S/C23H22N2O9/c1-23(21(26)32-19-9-5-16(6-10-19)24(28)29)14-3-2-4-18(13-15-23)33-22(27)34-20-11-7-17(8-12-20)25(30)31/h2,4-12,18H,3,13-15H2,1H3/b4-2+/t18-,23+/m0/s1. The monoisotopic (exact) mass is 470 g/mol.